The maximum absolute atomic E-state index is 3.52. The molecule has 0 fully saturated rings. The van der Waals surface area contributed by atoms with Gasteiger partial charge in [-0.1, -0.05) is 0 Å². The Kier molecular flexibility index (Phi) is 5.17. The van der Waals surface area contributed by atoms with Crippen LogP contribution in [0, 0.1) is 0 Å². The average Bonchev–Trinajstić information content (AvgIpc) is 1.41. The molecule has 0 aromatic heterocycles. The van der Waals surface area contributed by atoms with Crippen molar-refractivity contribution in [2.75, 3.05) is 5.75 Å². The predicted molar refractivity (Wildman–Crippen MR) is 29.8 cm³/mol. The van der Waals surface area contributed by atoms with Crippen molar-refractivity contribution < 1.29 is 0 Å². The summed E-state index contributed by atoms with van der Waals surface area (Å²) in [5, 5.41) is 0. The maximum atomic E-state index is 3.52. The van der Waals surface area contributed by atoms with E-state index in [9.17, 15) is 0 Å². The summed E-state index contributed by atoms with van der Waals surface area (Å²) in [4.78, 5) is 0. The van der Waals surface area contributed by atoms with Crippen molar-refractivity contribution in [3.05, 3.63) is 12.7 Å². The minimum absolute atomic E-state index is 1.04. The zero-order valence-electron chi connectivity index (χ0n) is 2.85. The van der Waals surface area contributed by atoms with Gasteiger partial charge in [-0.15, -0.1) is 0 Å². The third-order valence-electron chi connectivity index (χ3n) is 0.192. The van der Waals surface area contributed by atoms with Crippen molar-refractivity contribution in [2.45, 2.75) is 0 Å². The van der Waals surface area contributed by atoms with Crippen molar-refractivity contribution in [2.24, 2.45) is 0 Å². The molecule has 0 unspecified atom stereocenters. The molecule has 0 aromatic carbocycles. The molecule has 0 radical (unpaired) electrons. The van der Waals surface area contributed by atoms with Gasteiger partial charge >= 0.3 is 43.5 Å². The molecule has 0 aliphatic rings. The van der Waals surface area contributed by atoms with Crippen LogP contribution < -0.4 is 0 Å². The van der Waals surface area contributed by atoms with E-state index in [1.165, 1.54) is 0 Å². The Morgan fingerprint density at radius 1 is 2.00 bits per heavy atom. The molecule has 0 spiro atoms. The molecule has 30 valence electrons. The standard InChI is InChI=1S/C3H6SSe/c1-2-3-4-5/h2,5H,1,3H2. The average molecular weight is 153 g/mol. The summed E-state index contributed by atoms with van der Waals surface area (Å²) >= 11 is 2.42. The Morgan fingerprint density at radius 3 is 2.60 bits per heavy atom. The Bertz CT molecular complexity index is 28.1. The first-order valence-corrected chi connectivity index (χ1v) is 4.53. The second-order valence-electron chi connectivity index (χ2n) is 0.584. The molecule has 0 amide bonds. The molecule has 2 heteroatoms. The van der Waals surface area contributed by atoms with Gasteiger partial charge in [-0.2, -0.15) is 0 Å². The predicted octanol–water partition coefficient (Wildman–Crippen LogP) is 0.721. The molecule has 0 heterocycles. The number of hydrogen-bond acceptors (Lipinski definition) is 1. The van der Waals surface area contributed by atoms with E-state index < -0.39 is 0 Å². The minimum atomic E-state index is 1.04. The van der Waals surface area contributed by atoms with Gasteiger partial charge in [0.2, 0.25) is 0 Å². The van der Waals surface area contributed by atoms with E-state index in [0.29, 0.717) is 0 Å². The van der Waals surface area contributed by atoms with Crippen molar-refractivity contribution in [1.82, 2.24) is 0 Å². The summed E-state index contributed by atoms with van der Waals surface area (Å²) in [6, 6.07) is 0. The first kappa shape index (κ1) is 5.61. The van der Waals surface area contributed by atoms with E-state index in [1.807, 2.05) is 6.08 Å². The van der Waals surface area contributed by atoms with Crippen LogP contribution >= 0.6 is 10.2 Å². The van der Waals surface area contributed by atoms with Crippen molar-refractivity contribution >= 4 is 25.1 Å². The SMILES string of the molecule is C=CCS[SeH]. The zero-order chi connectivity index (χ0) is 4.12. The van der Waals surface area contributed by atoms with E-state index in [1.54, 1.807) is 10.2 Å². The molecule has 0 aromatic rings. The number of rotatable bonds is 2. The summed E-state index contributed by atoms with van der Waals surface area (Å²) < 4.78 is 0. The fraction of sp³-hybridized carbons (Fsp3) is 0.333. The molecule has 0 rings (SSSR count). The molecule has 0 nitrogen and oxygen atoms in total. The topological polar surface area (TPSA) is 0 Å². The summed E-state index contributed by atoms with van der Waals surface area (Å²) in [6.07, 6.45) is 1.88. The Balaban J connectivity index is 2.40. The van der Waals surface area contributed by atoms with Gasteiger partial charge < -0.3 is 0 Å². The van der Waals surface area contributed by atoms with Gasteiger partial charge in [0.25, 0.3) is 0 Å². The quantitative estimate of drug-likeness (QED) is 0.416. The van der Waals surface area contributed by atoms with E-state index in [0.717, 1.165) is 5.75 Å². The first-order valence-electron chi connectivity index (χ1n) is 1.29. The molecular formula is C3H6SSe. The zero-order valence-corrected chi connectivity index (χ0v) is 5.54. The Morgan fingerprint density at radius 2 is 2.60 bits per heavy atom. The second kappa shape index (κ2) is 4.61. The van der Waals surface area contributed by atoms with Crippen LogP contribution in [0.1, 0.15) is 0 Å². The third kappa shape index (κ3) is 4.61. The van der Waals surface area contributed by atoms with Crippen LogP contribution in [0.2, 0.25) is 0 Å². The molecule has 0 aliphatic carbocycles. The summed E-state index contributed by atoms with van der Waals surface area (Å²) in [6.45, 7) is 3.52. The number of hydrogen-bond donors (Lipinski definition) is 0. The summed E-state index contributed by atoms with van der Waals surface area (Å²) in [7, 11) is 1.72. The normalized spacial score (nSPS) is 7.40. The van der Waals surface area contributed by atoms with Gasteiger partial charge in [-0.25, -0.2) is 0 Å². The van der Waals surface area contributed by atoms with Crippen LogP contribution in [-0.4, -0.2) is 20.6 Å². The van der Waals surface area contributed by atoms with E-state index in [-0.39, 0.29) is 0 Å². The van der Waals surface area contributed by atoms with Crippen LogP contribution in [0.5, 0.6) is 0 Å². The van der Waals surface area contributed by atoms with Crippen molar-refractivity contribution in [3.8, 4) is 0 Å². The van der Waals surface area contributed by atoms with Crippen LogP contribution in [-0.2, 0) is 0 Å². The molecule has 0 N–H and O–H groups in total. The Labute approximate surface area is 43.9 Å². The second-order valence-corrected chi connectivity index (χ2v) is 2.80. The van der Waals surface area contributed by atoms with Gasteiger partial charge in [-0.05, 0) is 0 Å². The summed E-state index contributed by atoms with van der Waals surface area (Å²) in [5.41, 5.74) is 0. The third-order valence-corrected chi connectivity index (χ3v) is 1.52. The summed E-state index contributed by atoms with van der Waals surface area (Å²) in [5.74, 6) is 1.04. The van der Waals surface area contributed by atoms with Gasteiger partial charge in [0.15, 0.2) is 0 Å². The van der Waals surface area contributed by atoms with Crippen molar-refractivity contribution in [1.29, 1.82) is 0 Å². The first-order chi connectivity index (χ1) is 2.41. The molecule has 0 saturated carbocycles. The van der Waals surface area contributed by atoms with Crippen molar-refractivity contribution in [3.63, 3.8) is 0 Å². The molecule has 0 atom stereocenters. The molecule has 0 bridgehead atoms. The van der Waals surface area contributed by atoms with Crippen LogP contribution in [0.15, 0.2) is 12.7 Å². The van der Waals surface area contributed by atoms with E-state index >= 15 is 0 Å². The van der Waals surface area contributed by atoms with Crippen LogP contribution in [0.4, 0.5) is 0 Å². The van der Waals surface area contributed by atoms with E-state index in [2.05, 4.69) is 21.5 Å². The van der Waals surface area contributed by atoms with E-state index in [4.69, 9.17) is 0 Å². The molecular weight excluding hydrogens is 147 g/mol. The van der Waals surface area contributed by atoms with Gasteiger partial charge in [-0.3, -0.25) is 0 Å². The van der Waals surface area contributed by atoms with Crippen LogP contribution in [0.25, 0.3) is 0 Å². The molecule has 0 saturated heterocycles. The van der Waals surface area contributed by atoms with Gasteiger partial charge in [0, 0.05) is 0 Å². The van der Waals surface area contributed by atoms with Gasteiger partial charge in [0.1, 0.15) is 0 Å². The monoisotopic (exact) mass is 154 g/mol. The fourth-order valence-corrected chi connectivity index (χ4v) is 0.822. The molecule has 0 aliphatic heterocycles. The van der Waals surface area contributed by atoms with Gasteiger partial charge in [0.05, 0.1) is 0 Å². The molecule has 5 heavy (non-hydrogen) atoms. The Hall–Kier alpha value is 0.609. The van der Waals surface area contributed by atoms with Crippen LogP contribution in [0.3, 0.4) is 0 Å². The fourth-order valence-electron chi connectivity index (χ4n) is 0.0527.